The van der Waals surface area contributed by atoms with Crippen molar-refractivity contribution in [2.24, 2.45) is 0 Å². The molecule has 0 bridgehead atoms. The molecule has 3 N–H and O–H groups in total. The predicted octanol–water partition coefficient (Wildman–Crippen LogP) is 0.141. The van der Waals surface area contributed by atoms with Crippen molar-refractivity contribution in [3.63, 3.8) is 0 Å². The lowest BCUT2D eigenvalue weighted by molar-refractivity contribution is -0.147. The summed E-state index contributed by atoms with van der Waals surface area (Å²) in [6.45, 7) is 4.99. The van der Waals surface area contributed by atoms with Gasteiger partial charge in [-0.25, -0.2) is 9.78 Å². The number of carbonyl (C=O) groups excluding carboxylic acids is 3. The maximum absolute atomic E-state index is 11.8. The topological polar surface area (TPSA) is 118 Å². The Balaban J connectivity index is 2.55. The maximum atomic E-state index is 11.8. The molecule has 2 amide bonds. The minimum absolute atomic E-state index is 0.187. The minimum Gasteiger partial charge on any atom is -0.505 e. The third kappa shape index (κ3) is 5.77. The van der Waals surface area contributed by atoms with E-state index in [2.05, 4.69) is 22.2 Å². The molecule has 0 unspecified atom stereocenters. The number of pyridine rings is 1. The molecule has 0 saturated heterocycles. The largest absolute Gasteiger partial charge is 0.505 e. The Hall–Kier alpha value is -2.90. The fourth-order valence-corrected chi connectivity index (χ4v) is 1.68. The van der Waals surface area contributed by atoms with E-state index in [0.717, 1.165) is 0 Å². The van der Waals surface area contributed by atoms with Crippen LogP contribution in [0.15, 0.2) is 31.0 Å². The van der Waals surface area contributed by atoms with E-state index < -0.39 is 23.8 Å². The van der Waals surface area contributed by atoms with Crippen LogP contribution in [0.2, 0.25) is 0 Å². The summed E-state index contributed by atoms with van der Waals surface area (Å²) < 4.78 is 4.84. The molecule has 0 aliphatic carbocycles. The number of nitrogens with one attached hydrogen (secondary N) is 2. The zero-order valence-corrected chi connectivity index (χ0v) is 12.7. The lowest BCUT2D eigenvalue weighted by Crippen LogP contribution is -2.46. The summed E-state index contributed by atoms with van der Waals surface area (Å²) in [7, 11) is 0. The van der Waals surface area contributed by atoms with Gasteiger partial charge in [-0.15, -0.1) is 6.58 Å². The van der Waals surface area contributed by atoms with E-state index in [4.69, 9.17) is 4.74 Å². The van der Waals surface area contributed by atoms with Crippen molar-refractivity contribution in [1.29, 1.82) is 0 Å². The Morgan fingerprint density at radius 3 is 2.83 bits per heavy atom. The van der Waals surface area contributed by atoms with E-state index in [9.17, 15) is 19.5 Å². The lowest BCUT2D eigenvalue weighted by atomic mass is 10.2. The Morgan fingerprint density at radius 2 is 2.22 bits per heavy atom. The summed E-state index contributed by atoms with van der Waals surface area (Å²) in [5.41, 5.74) is -0.187. The second-order valence-electron chi connectivity index (χ2n) is 4.45. The molecule has 0 aliphatic heterocycles. The Labute approximate surface area is 133 Å². The number of hydrogen-bond acceptors (Lipinski definition) is 6. The third-order valence-electron chi connectivity index (χ3n) is 2.72. The summed E-state index contributed by atoms with van der Waals surface area (Å²) in [4.78, 5) is 39.0. The summed E-state index contributed by atoms with van der Waals surface area (Å²) in [6, 6.07) is 1.92. The molecule has 8 heteroatoms. The first-order valence-corrected chi connectivity index (χ1v) is 6.98. The Morgan fingerprint density at radius 1 is 1.48 bits per heavy atom. The van der Waals surface area contributed by atoms with Gasteiger partial charge in [-0.05, 0) is 25.5 Å². The number of nitrogens with zero attached hydrogens (tertiary/aromatic N) is 1. The third-order valence-corrected chi connectivity index (χ3v) is 2.72. The molecule has 0 radical (unpaired) electrons. The van der Waals surface area contributed by atoms with E-state index in [-0.39, 0.29) is 31.0 Å². The molecule has 1 rings (SSSR count). The molecule has 0 fully saturated rings. The molecular formula is C15H19N3O5. The zero-order chi connectivity index (χ0) is 17.2. The van der Waals surface area contributed by atoms with Crippen molar-refractivity contribution in [2.75, 3.05) is 13.2 Å². The number of ether oxygens (including phenoxy) is 1. The lowest BCUT2D eigenvalue weighted by Gasteiger charge is -2.15. The van der Waals surface area contributed by atoms with Crippen molar-refractivity contribution in [3.05, 3.63) is 36.7 Å². The Kier molecular flexibility index (Phi) is 7.25. The van der Waals surface area contributed by atoms with E-state index in [1.54, 1.807) is 6.92 Å². The van der Waals surface area contributed by atoms with Gasteiger partial charge in [0.15, 0.2) is 5.69 Å². The summed E-state index contributed by atoms with van der Waals surface area (Å²) in [5, 5.41) is 14.2. The van der Waals surface area contributed by atoms with E-state index in [1.165, 1.54) is 24.4 Å². The molecule has 0 aliphatic rings. The van der Waals surface area contributed by atoms with Crippen molar-refractivity contribution in [1.82, 2.24) is 15.6 Å². The number of amides is 2. The van der Waals surface area contributed by atoms with Crippen LogP contribution in [0.4, 0.5) is 0 Å². The molecule has 8 nitrogen and oxygen atoms in total. The van der Waals surface area contributed by atoms with Crippen molar-refractivity contribution in [3.8, 4) is 5.75 Å². The highest BCUT2D eigenvalue weighted by Gasteiger charge is 2.21. The van der Waals surface area contributed by atoms with Gasteiger partial charge in [0.1, 0.15) is 11.8 Å². The molecule has 1 heterocycles. The summed E-state index contributed by atoms with van der Waals surface area (Å²) in [5.74, 6) is -2.14. The van der Waals surface area contributed by atoms with Crippen LogP contribution in [0.5, 0.6) is 5.75 Å². The molecule has 1 atom stereocenters. The summed E-state index contributed by atoms with van der Waals surface area (Å²) in [6.07, 6.45) is 3.03. The van der Waals surface area contributed by atoms with Crippen LogP contribution in [0.3, 0.4) is 0 Å². The SMILES string of the molecule is C=CC[C@@H](NC(=O)CNC(=O)c1ncccc1O)C(=O)OCC. The van der Waals surface area contributed by atoms with Crippen LogP contribution < -0.4 is 10.6 Å². The first-order chi connectivity index (χ1) is 11.0. The molecule has 23 heavy (non-hydrogen) atoms. The van der Waals surface area contributed by atoms with Crippen molar-refractivity contribution >= 4 is 17.8 Å². The molecule has 1 aromatic heterocycles. The molecule has 0 saturated carbocycles. The van der Waals surface area contributed by atoms with Crippen LogP contribution >= 0.6 is 0 Å². The first kappa shape index (κ1) is 18.1. The van der Waals surface area contributed by atoms with Crippen LogP contribution in [-0.2, 0) is 14.3 Å². The van der Waals surface area contributed by atoms with Gasteiger partial charge in [0.05, 0.1) is 13.2 Å². The second-order valence-corrected chi connectivity index (χ2v) is 4.45. The average molecular weight is 321 g/mol. The monoisotopic (exact) mass is 321 g/mol. The first-order valence-electron chi connectivity index (χ1n) is 6.98. The van der Waals surface area contributed by atoms with Crippen molar-refractivity contribution in [2.45, 2.75) is 19.4 Å². The smallest absolute Gasteiger partial charge is 0.328 e. The van der Waals surface area contributed by atoms with Gasteiger partial charge >= 0.3 is 5.97 Å². The molecule has 1 aromatic rings. The maximum Gasteiger partial charge on any atom is 0.328 e. The van der Waals surface area contributed by atoms with Gasteiger partial charge in [-0.2, -0.15) is 0 Å². The van der Waals surface area contributed by atoms with E-state index in [1.807, 2.05) is 0 Å². The van der Waals surface area contributed by atoms with Gasteiger partial charge < -0.3 is 20.5 Å². The van der Waals surface area contributed by atoms with Gasteiger partial charge in [-0.3, -0.25) is 9.59 Å². The van der Waals surface area contributed by atoms with Gasteiger partial charge in [-0.1, -0.05) is 6.08 Å². The predicted molar refractivity (Wildman–Crippen MR) is 81.6 cm³/mol. The van der Waals surface area contributed by atoms with Crippen LogP contribution in [-0.4, -0.2) is 47.1 Å². The van der Waals surface area contributed by atoms with Crippen LogP contribution in [0.25, 0.3) is 0 Å². The fraction of sp³-hybridized carbons (Fsp3) is 0.333. The van der Waals surface area contributed by atoms with Crippen LogP contribution in [0.1, 0.15) is 23.8 Å². The molecule has 0 spiro atoms. The number of hydrogen-bond donors (Lipinski definition) is 3. The highest BCUT2D eigenvalue weighted by Crippen LogP contribution is 2.11. The highest BCUT2D eigenvalue weighted by molar-refractivity contribution is 5.97. The van der Waals surface area contributed by atoms with E-state index >= 15 is 0 Å². The summed E-state index contributed by atoms with van der Waals surface area (Å²) >= 11 is 0. The standard InChI is InChI=1S/C15H19N3O5/c1-3-6-10(15(22)23-4-2)18-12(20)9-17-14(21)13-11(19)7-5-8-16-13/h3,5,7-8,10,19H,1,4,6,9H2,2H3,(H,17,21)(H,18,20)/t10-/m1/s1. The number of esters is 1. The molecule has 0 aromatic carbocycles. The Bertz CT molecular complexity index is 588. The van der Waals surface area contributed by atoms with Crippen LogP contribution in [0, 0.1) is 0 Å². The normalized spacial score (nSPS) is 11.2. The molecular weight excluding hydrogens is 302 g/mol. The number of carbonyl (C=O) groups is 3. The van der Waals surface area contributed by atoms with Crippen molar-refractivity contribution < 1.29 is 24.2 Å². The van der Waals surface area contributed by atoms with Gasteiger partial charge in [0.2, 0.25) is 5.91 Å². The quantitative estimate of drug-likeness (QED) is 0.463. The van der Waals surface area contributed by atoms with Gasteiger partial charge in [0, 0.05) is 6.20 Å². The van der Waals surface area contributed by atoms with E-state index in [0.29, 0.717) is 0 Å². The van der Waals surface area contributed by atoms with Gasteiger partial charge in [0.25, 0.3) is 5.91 Å². The zero-order valence-electron chi connectivity index (χ0n) is 12.7. The number of aromatic nitrogens is 1. The molecule has 124 valence electrons. The number of rotatable bonds is 8. The number of aromatic hydroxyl groups is 1. The minimum atomic E-state index is -0.861. The fourth-order valence-electron chi connectivity index (χ4n) is 1.68. The highest BCUT2D eigenvalue weighted by atomic mass is 16.5. The second kappa shape index (κ2) is 9.19. The average Bonchev–Trinajstić information content (AvgIpc) is 2.53.